The molecule has 1 aromatic carbocycles. The van der Waals surface area contributed by atoms with Gasteiger partial charge in [0.05, 0.1) is 22.9 Å². The maximum Gasteiger partial charge on any atom is 0.269 e. The van der Waals surface area contributed by atoms with Gasteiger partial charge in [0.25, 0.3) is 10.1 Å². The van der Waals surface area contributed by atoms with Gasteiger partial charge >= 0.3 is 0 Å². The number of sulfone groups is 1. The maximum absolute atomic E-state index is 12.0. The summed E-state index contributed by atoms with van der Waals surface area (Å²) in [5.74, 6) is -0.473. The standard InChI is InChI=1S/C11H18N2O6S2/c1-8(21(17,18)19)7-13-10-3-2-9(12)6-11(10)20(15,16)5-4-14/h2-3,6,8,13-14H,4-5,7,12H2,1H3,(H,17,18,19). The smallest absolute Gasteiger partial charge is 0.269 e. The van der Waals surface area contributed by atoms with E-state index in [0.717, 1.165) is 0 Å². The molecule has 1 rings (SSSR count). The molecule has 0 amide bonds. The maximum atomic E-state index is 12.0. The van der Waals surface area contributed by atoms with Crippen LogP contribution in [-0.4, -0.2) is 50.6 Å². The van der Waals surface area contributed by atoms with E-state index in [2.05, 4.69) is 5.32 Å². The van der Waals surface area contributed by atoms with E-state index in [9.17, 15) is 16.8 Å². The number of hydrogen-bond donors (Lipinski definition) is 4. The van der Waals surface area contributed by atoms with Gasteiger partial charge in [0, 0.05) is 12.2 Å². The number of nitrogen functional groups attached to an aromatic ring is 1. The monoisotopic (exact) mass is 338 g/mol. The number of hydrogen-bond acceptors (Lipinski definition) is 7. The first-order valence-corrected chi connectivity index (χ1v) is 9.17. The average Bonchev–Trinajstić information content (AvgIpc) is 2.35. The van der Waals surface area contributed by atoms with Crippen LogP contribution in [0.15, 0.2) is 23.1 Å². The highest BCUT2D eigenvalue weighted by atomic mass is 32.2. The molecule has 8 nitrogen and oxygen atoms in total. The van der Waals surface area contributed by atoms with Crippen molar-refractivity contribution in [1.82, 2.24) is 0 Å². The third kappa shape index (κ3) is 4.84. The number of aliphatic hydroxyl groups is 1. The summed E-state index contributed by atoms with van der Waals surface area (Å²) < 4.78 is 54.8. The molecule has 0 saturated heterocycles. The van der Waals surface area contributed by atoms with Gasteiger partial charge in [-0.1, -0.05) is 0 Å². The molecule has 0 spiro atoms. The molecule has 120 valence electrons. The van der Waals surface area contributed by atoms with Crippen LogP contribution in [0.5, 0.6) is 0 Å². The highest BCUT2D eigenvalue weighted by molar-refractivity contribution is 7.91. The predicted octanol–water partition coefficient (Wildman–Crippen LogP) is -0.277. The van der Waals surface area contributed by atoms with Gasteiger partial charge in [-0.25, -0.2) is 8.42 Å². The van der Waals surface area contributed by atoms with Crippen LogP contribution in [0.3, 0.4) is 0 Å². The number of benzene rings is 1. The van der Waals surface area contributed by atoms with Crippen LogP contribution in [0, 0.1) is 0 Å². The van der Waals surface area contributed by atoms with E-state index in [1.165, 1.54) is 25.1 Å². The fraction of sp³-hybridized carbons (Fsp3) is 0.455. The third-order valence-electron chi connectivity index (χ3n) is 2.79. The lowest BCUT2D eigenvalue weighted by atomic mass is 10.3. The zero-order valence-electron chi connectivity index (χ0n) is 11.4. The molecule has 0 saturated carbocycles. The molecule has 5 N–H and O–H groups in total. The molecule has 0 bridgehead atoms. The van der Waals surface area contributed by atoms with Crippen LogP contribution in [0.1, 0.15) is 6.92 Å². The molecular weight excluding hydrogens is 320 g/mol. The Kier molecular flexibility index (Phi) is 5.56. The van der Waals surface area contributed by atoms with Crippen molar-refractivity contribution >= 4 is 31.3 Å². The Morgan fingerprint density at radius 3 is 2.43 bits per heavy atom. The minimum absolute atomic E-state index is 0.126. The van der Waals surface area contributed by atoms with E-state index >= 15 is 0 Å². The highest BCUT2D eigenvalue weighted by Crippen LogP contribution is 2.25. The fourth-order valence-corrected chi connectivity index (χ4v) is 3.08. The zero-order chi connectivity index (χ0) is 16.3. The Morgan fingerprint density at radius 1 is 1.29 bits per heavy atom. The predicted molar refractivity (Wildman–Crippen MR) is 79.5 cm³/mol. The molecule has 0 aliphatic heterocycles. The number of anilines is 2. The van der Waals surface area contributed by atoms with E-state index in [4.69, 9.17) is 15.4 Å². The van der Waals surface area contributed by atoms with Crippen molar-refractivity contribution in [3.05, 3.63) is 18.2 Å². The summed E-state index contributed by atoms with van der Waals surface area (Å²) in [5.41, 5.74) is 5.94. The van der Waals surface area contributed by atoms with Gasteiger partial charge < -0.3 is 16.2 Å². The molecule has 10 heteroatoms. The van der Waals surface area contributed by atoms with Crippen molar-refractivity contribution in [2.45, 2.75) is 17.1 Å². The van der Waals surface area contributed by atoms with Crippen molar-refractivity contribution in [2.75, 3.05) is 30.0 Å². The molecule has 0 aromatic heterocycles. The summed E-state index contributed by atoms with van der Waals surface area (Å²) in [6.45, 7) is 0.559. The number of nitrogens with one attached hydrogen (secondary N) is 1. The van der Waals surface area contributed by atoms with Crippen molar-refractivity contribution in [3.8, 4) is 0 Å². The summed E-state index contributed by atoms with van der Waals surface area (Å²) in [6, 6.07) is 4.08. The minimum Gasteiger partial charge on any atom is -0.399 e. The lowest BCUT2D eigenvalue weighted by Crippen LogP contribution is -2.26. The Balaban J connectivity index is 3.09. The first-order chi connectivity index (χ1) is 9.58. The van der Waals surface area contributed by atoms with Crippen LogP contribution < -0.4 is 11.1 Å². The fourth-order valence-electron chi connectivity index (χ4n) is 1.53. The molecular formula is C11H18N2O6S2. The van der Waals surface area contributed by atoms with Crippen molar-refractivity contribution in [2.24, 2.45) is 0 Å². The molecule has 1 atom stereocenters. The Labute approximate surface area is 123 Å². The SMILES string of the molecule is CC(CNc1ccc(N)cc1S(=O)(=O)CCO)S(=O)(=O)O. The second-order valence-corrected chi connectivity index (χ2v) is 8.42. The average molecular weight is 338 g/mol. The second kappa shape index (κ2) is 6.60. The van der Waals surface area contributed by atoms with E-state index in [1.807, 2.05) is 0 Å². The van der Waals surface area contributed by atoms with E-state index in [1.54, 1.807) is 0 Å². The quantitative estimate of drug-likeness (QED) is 0.392. The number of aliphatic hydroxyl groups excluding tert-OH is 1. The van der Waals surface area contributed by atoms with Crippen molar-refractivity contribution in [3.63, 3.8) is 0 Å². The molecule has 21 heavy (non-hydrogen) atoms. The van der Waals surface area contributed by atoms with Gasteiger partial charge in [0.15, 0.2) is 9.84 Å². The van der Waals surface area contributed by atoms with Crippen LogP contribution in [-0.2, 0) is 20.0 Å². The Morgan fingerprint density at radius 2 is 1.90 bits per heavy atom. The van der Waals surface area contributed by atoms with Crippen LogP contribution in [0.4, 0.5) is 11.4 Å². The van der Waals surface area contributed by atoms with E-state index < -0.39 is 37.6 Å². The molecule has 0 fully saturated rings. The summed E-state index contributed by atoms with van der Waals surface area (Å²) in [5, 5.41) is 10.4. The molecule has 0 radical (unpaired) electrons. The normalized spacial score (nSPS) is 13.9. The van der Waals surface area contributed by atoms with Gasteiger partial charge in [-0.15, -0.1) is 0 Å². The van der Waals surface area contributed by atoms with Gasteiger partial charge in [-0.3, -0.25) is 4.55 Å². The van der Waals surface area contributed by atoms with Crippen molar-refractivity contribution in [1.29, 1.82) is 0 Å². The van der Waals surface area contributed by atoms with E-state index in [-0.39, 0.29) is 22.8 Å². The third-order valence-corrected chi connectivity index (χ3v) is 5.70. The van der Waals surface area contributed by atoms with Crippen LogP contribution in [0.25, 0.3) is 0 Å². The number of nitrogens with two attached hydrogens (primary N) is 1. The summed E-state index contributed by atoms with van der Waals surface area (Å²) in [6.07, 6.45) is 0. The molecule has 0 aliphatic rings. The van der Waals surface area contributed by atoms with Crippen molar-refractivity contribution < 1.29 is 26.5 Å². The van der Waals surface area contributed by atoms with Gasteiger partial charge in [0.1, 0.15) is 5.25 Å². The molecule has 0 heterocycles. The molecule has 1 aromatic rings. The minimum atomic E-state index is -4.22. The second-order valence-electron chi connectivity index (χ2n) is 4.50. The molecule has 0 aliphatic carbocycles. The van der Waals surface area contributed by atoms with Gasteiger partial charge in [0.2, 0.25) is 0 Å². The Bertz CT molecular complexity index is 699. The van der Waals surface area contributed by atoms with Gasteiger partial charge in [-0.2, -0.15) is 8.42 Å². The van der Waals surface area contributed by atoms with Crippen LogP contribution >= 0.6 is 0 Å². The first kappa shape index (κ1) is 17.7. The largest absolute Gasteiger partial charge is 0.399 e. The summed E-state index contributed by atoms with van der Waals surface area (Å²) >= 11 is 0. The Hall–Kier alpha value is -1.36. The topological polar surface area (TPSA) is 147 Å². The van der Waals surface area contributed by atoms with Crippen LogP contribution in [0.2, 0.25) is 0 Å². The van der Waals surface area contributed by atoms with E-state index in [0.29, 0.717) is 0 Å². The highest BCUT2D eigenvalue weighted by Gasteiger charge is 2.21. The summed E-state index contributed by atoms with van der Waals surface area (Å²) in [7, 11) is -7.97. The lowest BCUT2D eigenvalue weighted by Gasteiger charge is -2.15. The zero-order valence-corrected chi connectivity index (χ0v) is 13.0. The first-order valence-electron chi connectivity index (χ1n) is 6.01. The lowest BCUT2D eigenvalue weighted by molar-refractivity contribution is 0.319. The van der Waals surface area contributed by atoms with Gasteiger partial charge in [-0.05, 0) is 25.1 Å². The molecule has 1 unspecified atom stereocenters. The number of rotatable bonds is 7. The summed E-state index contributed by atoms with van der Waals surface area (Å²) in [4.78, 5) is -0.126.